The molecule has 39 heavy (non-hydrogen) atoms. The van der Waals surface area contributed by atoms with Gasteiger partial charge in [0.25, 0.3) is 5.56 Å². The number of benzene rings is 2. The summed E-state index contributed by atoms with van der Waals surface area (Å²) in [7, 11) is 0. The van der Waals surface area contributed by atoms with Crippen molar-refractivity contribution in [1.29, 1.82) is 0 Å². The number of furan rings is 1. The number of ether oxygens (including phenoxy) is 1. The van der Waals surface area contributed by atoms with Crippen LogP contribution in [0.2, 0.25) is 0 Å². The van der Waals surface area contributed by atoms with Crippen LogP contribution in [-0.4, -0.2) is 30.2 Å². The van der Waals surface area contributed by atoms with Gasteiger partial charge in [0.1, 0.15) is 11.6 Å². The van der Waals surface area contributed by atoms with Crippen LogP contribution in [0.25, 0.3) is 11.8 Å². The van der Waals surface area contributed by atoms with E-state index in [2.05, 4.69) is 4.90 Å². The molecule has 0 aliphatic carbocycles. The van der Waals surface area contributed by atoms with Crippen molar-refractivity contribution in [2.45, 2.75) is 26.8 Å². The summed E-state index contributed by atoms with van der Waals surface area (Å²) in [6.45, 7) is 7.55. The van der Waals surface area contributed by atoms with Crippen LogP contribution in [-0.2, 0) is 9.53 Å². The highest BCUT2D eigenvalue weighted by molar-refractivity contribution is 7.07. The molecule has 3 heterocycles. The van der Waals surface area contributed by atoms with E-state index < -0.39 is 17.8 Å². The molecule has 0 saturated carbocycles. The summed E-state index contributed by atoms with van der Waals surface area (Å²) in [6.07, 6.45) is 1.69. The second kappa shape index (κ2) is 11.2. The first-order valence-electron chi connectivity index (χ1n) is 12.8. The van der Waals surface area contributed by atoms with Crippen LogP contribution in [0.1, 0.15) is 43.7 Å². The first-order valence-corrected chi connectivity index (χ1v) is 13.7. The van der Waals surface area contributed by atoms with Crippen molar-refractivity contribution in [3.05, 3.63) is 115 Å². The monoisotopic (exact) mass is 545 g/mol. The topological polar surface area (TPSA) is 77.0 Å². The van der Waals surface area contributed by atoms with Crippen molar-refractivity contribution in [3.8, 4) is 0 Å². The minimum Gasteiger partial charge on any atom is -0.463 e. The normalized spacial score (nSPS) is 15.2. The Morgan fingerprint density at radius 2 is 1.79 bits per heavy atom. The zero-order chi connectivity index (χ0) is 27.5. The molecule has 0 saturated heterocycles. The molecule has 7 nitrogen and oxygen atoms in total. The smallest absolute Gasteiger partial charge is 0.338 e. The largest absolute Gasteiger partial charge is 0.463 e. The van der Waals surface area contributed by atoms with Gasteiger partial charge in [-0.2, -0.15) is 0 Å². The maximum absolute atomic E-state index is 13.9. The lowest BCUT2D eigenvalue weighted by Gasteiger charge is -2.25. The Morgan fingerprint density at radius 1 is 1.08 bits per heavy atom. The number of hydrogen-bond donors (Lipinski definition) is 0. The van der Waals surface area contributed by atoms with Crippen LogP contribution in [0.5, 0.6) is 0 Å². The highest BCUT2D eigenvalue weighted by Gasteiger charge is 2.35. The fourth-order valence-electron chi connectivity index (χ4n) is 4.66. The Morgan fingerprint density at radius 3 is 2.46 bits per heavy atom. The van der Waals surface area contributed by atoms with E-state index in [1.165, 1.54) is 28.0 Å². The molecule has 0 spiro atoms. The Kier molecular flexibility index (Phi) is 7.60. The van der Waals surface area contributed by atoms with Gasteiger partial charge in [-0.15, -0.1) is 0 Å². The number of aromatic nitrogens is 1. The van der Waals surface area contributed by atoms with Crippen LogP contribution in [0.4, 0.5) is 10.3 Å². The second-order valence-corrected chi connectivity index (χ2v) is 9.84. The van der Waals surface area contributed by atoms with Crippen LogP contribution < -0.4 is 19.8 Å². The van der Waals surface area contributed by atoms with Crippen molar-refractivity contribution < 1.29 is 18.3 Å². The third-order valence-electron chi connectivity index (χ3n) is 6.52. The Hall–Kier alpha value is -4.24. The molecule has 1 atom stereocenters. The zero-order valence-electron chi connectivity index (χ0n) is 21.9. The fraction of sp³-hybridized carbons (Fsp3) is 0.233. The van der Waals surface area contributed by atoms with Crippen LogP contribution in [0, 0.1) is 5.82 Å². The summed E-state index contributed by atoms with van der Waals surface area (Å²) < 4.78 is 27.2. The van der Waals surface area contributed by atoms with E-state index in [1.807, 2.05) is 56.3 Å². The number of esters is 1. The van der Waals surface area contributed by atoms with Crippen molar-refractivity contribution in [2.24, 2.45) is 4.99 Å². The molecule has 2 aromatic heterocycles. The third kappa shape index (κ3) is 5.09. The van der Waals surface area contributed by atoms with E-state index in [0.717, 1.165) is 19.0 Å². The molecular formula is C30H28FN3O4S. The lowest BCUT2D eigenvalue weighted by Crippen LogP contribution is -2.40. The van der Waals surface area contributed by atoms with Crippen molar-refractivity contribution in [2.75, 3.05) is 24.6 Å². The SMILES string of the molecule is CCOC(=O)C1=C(c2ccccc2)N=c2s/c(=C\c3ccc(N(CC)CC)o3)c(=O)n2[C@H]1c1ccc(F)cc1. The predicted molar refractivity (Wildman–Crippen MR) is 150 cm³/mol. The maximum atomic E-state index is 13.9. The van der Waals surface area contributed by atoms with Crippen molar-refractivity contribution in [1.82, 2.24) is 4.57 Å². The maximum Gasteiger partial charge on any atom is 0.338 e. The van der Waals surface area contributed by atoms with E-state index in [1.54, 1.807) is 25.1 Å². The molecular weight excluding hydrogens is 517 g/mol. The highest BCUT2D eigenvalue weighted by Crippen LogP contribution is 2.35. The number of fused-ring (bicyclic) bond motifs is 1. The molecule has 0 bridgehead atoms. The molecule has 4 aromatic rings. The summed E-state index contributed by atoms with van der Waals surface area (Å²) in [5, 5.41) is 0. The number of thiazole rings is 1. The van der Waals surface area contributed by atoms with Crippen LogP contribution in [0.3, 0.4) is 0 Å². The summed E-state index contributed by atoms with van der Waals surface area (Å²) in [5.74, 6) is 0.254. The Labute approximate surface area is 228 Å². The third-order valence-corrected chi connectivity index (χ3v) is 7.50. The number of hydrogen-bond acceptors (Lipinski definition) is 7. The van der Waals surface area contributed by atoms with Gasteiger partial charge in [0, 0.05) is 30.8 Å². The van der Waals surface area contributed by atoms with Gasteiger partial charge in [0.15, 0.2) is 10.7 Å². The van der Waals surface area contributed by atoms with Gasteiger partial charge in [-0.1, -0.05) is 53.8 Å². The number of anilines is 1. The van der Waals surface area contributed by atoms with Crippen LogP contribution in [0.15, 0.2) is 86.5 Å². The number of halogens is 1. The summed E-state index contributed by atoms with van der Waals surface area (Å²) in [4.78, 5) is 34.6. The van der Waals surface area contributed by atoms with E-state index in [-0.39, 0.29) is 17.7 Å². The second-order valence-electron chi connectivity index (χ2n) is 8.83. The van der Waals surface area contributed by atoms with Gasteiger partial charge >= 0.3 is 5.97 Å². The lowest BCUT2D eigenvalue weighted by molar-refractivity contribution is -0.138. The number of nitrogens with zero attached hydrogens (tertiary/aromatic N) is 3. The van der Waals surface area contributed by atoms with Gasteiger partial charge in [-0.25, -0.2) is 14.2 Å². The van der Waals surface area contributed by atoms with Crippen molar-refractivity contribution >= 4 is 35.0 Å². The highest BCUT2D eigenvalue weighted by atomic mass is 32.1. The number of carbonyl (C=O) groups excluding carboxylic acids is 1. The summed E-state index contributed by atoms with van der Waals surface area (Å²) >= 11 is 1.21. The van der Waals surface area contributed by atoms with Gasteiger partial charge < -0.3 is 14.1 Å². The fourth-order valence-corrected chi connectivity index (χ4v) is 5.64. The van der Waals surface area contributed by atoms with Gasteiger partial charge in [0.2, 0.25) is 0 Å². The molecule has 9 heteroatoms. The number of rotatable bonds is 8. The zero-order valence-corrected chi connectivity index (χ0v) is 22.7. The first-order chi connectivity index (χ1) is 18.9. The van der Waals surface area contributed by atoms with E-state index in [4.69, 9.17) is 14.1 Å². The molecule has 0 N–H and O–H groups in total. The average Bonchev–Trinajstić information content (AvgIpc) is 3.53. The number of carbonyl (C=O) groups is 1. The van der Waals surface area contributed by atoms with Gasteiger partial charge in [-0.05, 0) is 44.5 Å². The Bertz CT molecular complexity index is 1700. The summed E-state index contributed by atoms with van der Waals surface area (Å²) in [6, 6.07) is 17.9. The Balaban J connectivity index is 1.76. The standard InChI is InChI=1S/C30H28FN3O4S/c1-4-33(5-2)24-17-16-22(38-24)18-23-28(35)34-27(20-12-14-21(31)15-13-20)25(29(36)37-6-3)26(32-30(34)39-23)19-10-8-7-9-11-19/h7-18,27H,4-6H2,1-3H3/b23-18-/t27-/m0/s1. The minimum absolute atomic E-state index is 0.151. The van der Waals surface area contributed by atoms with Crippen LogP contribution >= 0.6 is 11.3 Å². The minimum atomic E-state index is -0.860. The molecule has 2 aromatic carbocycles. The predicted octanol–water partition coefficient (Wildman–Crippen LogP) is 4.51. The quantitative estimate of drug-likeness (QED) is 0.305. The first kappa shape index (κ1) is 26.4. The molecule has 1 aliphatic rings. The van der Waals surface area contributed by atoms with E-state index >= 15 is 0 Å². The molecule has 0 radical (unpaired) electrons. The van der Waals surface area contributed by atoms with Gasteiger partial charge in [-0.3, -0.25) is 9.36 Å². The molecule has 0 unspecified atom stereocenters. The molecule has 200 valence electrons. The summed E-state index contributed by atoms with van der Waals surface area (Å²) in [5.41, 5.74) is 1.58. The lowest BCUT2D eigenvalue weighted by atomic mass is 9.93. The molecule has 5 rings (SSSR count). The van der Waals surface area contributed by atoms with Gasteiger partial charge in [0.05, 0.1) is 28.5 Å². The molecule has 0 amide bonds. The average molecular weight is 546 g/mol. The van der Waals surface area contributed by atoms with E-state index in [0.29, 0.717) is 31.9 Å². The molecule has 1 aliphatic heterocycles. The van der Waals surface area contributed by atoms with E-state index in [9.17, 15) is 14.0 Å². The van der Waals surface area contributed by atoms with Crippen molar-refractivity contribution in [3.63, 3.8) is 0 Å². The molecule has 0 fully saturated rings.